The molecule has 3 heterocycles. The highest BCUT2D eigenvalue weighted by atomic mass is 15.1. The molecule has 0 aliphatic heterocycles. The average molecular weight is 786 g/mol. The van der Waals surface area contributed by atoms with Crippen LogP contribution in [0.5, 0.6) is 0 Å². The maximum absolute atomic E-state index is 10.8. The molecule has 292 valence electrons. The molecule has 5 nitrogen and oxygen atoms in total. The summed E-state index contributed by atoms with van der Waals surface area (Å²) < 4.78 is 6.79. The zero-order valence-electron chi connectivity index (χ0n) is 35.2. The van der Waals surface area contributed by atoms with Crippen LogP contribution in [0.1, 0.15) is 58.2 Å². The zero-order chi connectivity index (χ0) is 41.9. The molecule has 5 heteroatoms. The minimum Gasteiger partial charge on any atom is -0.319 e. The summed E-state index contributed by atoms with van der Waals surface area (Å²) in [5.74, 6) is 0. The molecular formula is C56H43N5. The van der Waals surface area contributed by atoms with Gasteiger partial charge in [-0.2, -0.15) is 5.26 Å². The first kappa shape index (κ1) is 36.5. The van der Waals surface area contributed by atoms with Gasteiger partial charge in [0.2, 0.25) is 5.69 Å². The third kappa shape index (κ3) is 5.37. The Morgan fingerprint density at radius 2 is 0.934 bits per heavy atom. The molecule has 0 saturated heterocycles. The fourth-order valence-electron chi connectivity index (χ4n) is 9.72. The molecule has 0 fully saturated rings. The summed E-state index contributed by atoms with van der Waals surface area (Å²) in [5.41, 5.74) is 12.0. The van der Waals surface area contributed by atoms with Gasteiger partial charge >= 0.3 is 0 Å². The van der Waals surface area contributed by atoms with E-state index in [4.69, 9.17) is 6.57 Å². The average Bonchev–Trinajstić information content (AvgIpc) is 3.90. The predicted molar refractivity (Wildman–Crippen MR) is 255 cm³/mol. The Labute approximate surface area is 354 Å². The fraction of sp³-hybridized carbons (Fsp3) is 0.143. The van der Waals surface area contributed by atoms with E-state index in [-0.39, 0.29) is 10.8 Å². The molecule has 11 rings (SSSR count). The maximum atomic E-state index is 10.8. The Hall–Kier alpha value is -7.60. The Kier molecular flexibility index (Phi) is 7.74. The summed E-state index contributed by atoms with van der Waals surface area (Å²) in [5, 5.41) is 19.9. The van der Waals surface area contributed by atoms with E-state index in [9.17, 15) is 5.26 Å². The van der Waals surface area contributed by atoms with Gasteiger partial charge in [0.1, 0.15) is 0 Å². The van der Waals surface area contributed by atoms with E-state index in [2.05, 4.69) is 206 Å². The number of benzene rings is 8. The highest BCUT2D eigenvalue weighted by Gasteiger charge is 2.26. The number of para-hydroxylation sites is 2. The van der Waals surface area contributed by atoms with Crippen molar-refractivity contribution in [3.05, 3.63) is 180 Å². The normalized spacial score (nSPS) is 12.4. The first-order chi connectivity index (χ1) is 29.4. The van der Waals surface area contributed by atoms with Crippen LogP contribution in [0, 0.1) is 17.9 Å². The van der Waals surface area contributed by atoms with Crippen molar-refractivity contribution in [2.45, 2.75) is 52.4 Å². The topological polar surface area (TPSA) is 42.9 Å². The van der Waals surface area contributed by atoms with Crippen molar-refractivity contribution in [2.75, 3.05) is 0 Å². The lowest BCUT2D eigenvalue weighted by atomic mass is 9.85. The summed E-state index contributed by atoms with van der Waals surface area (Å²) in [6.07, 6.45) is 0. The van der Waals surface area contributed by atoms with Crippen LogP contribution in [-0.2, 0) is 10.8 Å². The van der Waals surface area contributed by atoms with E-state index >= 15 is 0 Å². The second kappa shape index (κ2) is 12.9. The van der Waals surface area contributed by atoms with Gasteiger partial charge in [-0.1, -0.05) is 120 Å². The molecule has 61 heavy (non-hydrogen) atoms. The Balaban J connectivity index is 1.25. The number of nitriles is 1. The zero-order valence-corrected chi connectivity index (χ0v) is 35.2. The second-order valence-corrected chi connectivity index (χ2v) is 18.5. The second-order valence-electron chi connectivity index (χ2n) is 18.5. The van der Waals surface area contributed by atoms with Crippen molar-refractivity contribution in [3.63, 3.8) is 0 Å². The molecular weight excluding hydrogens is 743 g/mol. The number of nitrogens with zero attached hydrogens (tertiary/aromatic N) is 5. The summed E-state index contributed by atoms with van der Waals surface area (Å²) in [7, 11) is 0. The third-order valence-electron chi connectivity index (χ3n) is 12.8. The van der Waals surface area contributed by atoms with Gasteiger partial charge in [0.15, 0.2) is 0 Å². The Bertz CT molecular complexity index is 3620. The maximum Gasteiger partial charge on any atom is 0.234 e. The Morgan fingerprint density at radius 3 is 1.49 bits per heavy atom. The van der Waals surface area contributed by atoms with Crippen LogP contribution in [0.25, 0.3) is 98.1 Å². The van der Waals surface area contributed by atoms with Crippen LogP contribution in [-0.4, -0.2) is 13.7 Å². The number of hydrogen-bond donors (Lipinski definition) is 0. The van der Waals surface area contributed by atoms with Crippen LogP contribution in [0.3, 0.4) is 0 Å². The van der Waals surface area contributed by atoms with Gasteiger partial charge < -0.3 is 13.7 Å². The van der Waals surface area contributed by atoms with E-state index in [1.807, 2.05) is 12.1 Å². The molecule has 0 unspecified atom stereocenters. The number of hydrogen-bond acceptors (Lipinski definition) is 1. The standard InChI is InChI=1S/C56H43N5/c1-55(2,3)36-21-25-47-42(30-36)43-31-37(56(4,5)6)22-26-48(43)60(47)51-28-34(33-57)29-52(54(51)58-7)61-49-27-23-38(32-44(49)53-39-15-9-8-14-35(39)20-24-50(53)61)59-45-18-12-10-16-40(45)41-17-11-13-19-46(41)59/h8-32H,1-6H3. The van der Waals surface area contributed by atoms with Gasteiger partial charge in [0, 0.05) is 38.0 Å². The van der Waals surface area contributed by atoms with Gasteiger partial charge in [-0.3, -0.25) is 0 Å². The number of aromatic nitrogens is 3. The SMILES string of the molecule is [C-]#[N+]c1c(-n2c3ccc(C(C)(C)C)cc3c3cc(C(C)(C)C)ccc32)cc(C#N)cc1-n1c2ccc(-n3c4ccccc4c4ccccc43)cc2c2c3ccccc3ccc21. The van der Waals surface area contributed by atoms with E-state index in [1.165, 1.54) is 21.9 Å². The highest BCUT2D eigenvalue weighted by molar-refractivity contribution is 6.22. The van der Waals surface area contributed by atoms with Crippen LogP contribution in [0.15, 0.2) is 152 Å². The van der Waals surface area contributed by atoms with Gasteiger partial charge in [-0.15, -0.1) is 0 Å². The molecule has 0 aliphatic carbocycles. The van der Waals surface area contributed by atoms with Crippen LogP contribution in [0.2, 0.25) is 0 Å². The van der Waals surface area contributed by atoms with Gasteiger partial charge in [-0.05, 0) is 106 Å². The largest absolute Gasteiger partial charge is 0.319 e. The fourth-order valence-corrected chi connectivity index (χ4v) is 9.72. The van der Waals surface area contributed by atoms with Crippen LogP contribution >= 0.6 is 0 Å². The molecule has 0 bridgehead atoms. The predicted octanol–water partition coefficient (Wildman–Crippen LogP) is 15.1. The molecule has 0 radical (unpaired) electrons. The molecule has 11 aromatic rings. The molecule has 0 amide bonds. The smallest absolute Gasteiger partial charge is 0.234 e. The van der Waals surface area contributed by atoms with Crippen molar-refractivity contribution in [3.8, 4) is 23.1 Å². The lowest BCUT2D eigenvalue weighted by Crippen LogP contribution is -2.10. The lowest BCUT2D eigenvalue weighted by Gasteiger charge is -2.19. The first-order valence-electron chi connectivity index (χ1n) is 20.9. The van der Waals surface area contributed by atoms with Gasteiger partial charge in [0.05, 0.1) is 62.7 Å². The summed E-state index contributed by atoms with van der Waals surface area (Å²) in [4.78, 5) is 4.38. The minimum atomic E-state index is -0.0536. The van der Waals surface area contributed by atoms with Crippen molar-refractivity contribution >= 4 is 81.9 Å². The molecule has 0 aliphatic rings. The highest BCUT2D eigenvalue weighted by Crippen LogP contribution is 2.45. The lowest BCUT2D eigenvalue weighted by molar-refractivity contribution is 0.590. The Morgan fingerprint density at radius 1 is 0.459 bits per heavy atom. The molecule has 0 N–H and O–H groups in total. The number of rotatable bonds is 3. The molecule has 0 spiro atoms. The third-order valence-corrected chi connectivity index (χ3v) is 12.8. The summed E-state index contributed by atoms with van der Waals surface area (Å²) in [6.45, 7) is 22.4. The first-order valence-corrected chi connectivity index (χ1v) is 20.9. The minimum absolute atomic E-state index is 0.0536. The summed E-state index contributed by atoms with van der Waals surface area (Å²) in [6, 6.07) is 56.5. The molecule has 0 atom stereocenters. The quantitative estimate of drug-likeness (QED) is 0.165. The van der Waals surface area contributed by atoms with Crippen molar-refractivity contribution < 1.29 is 0 Å². The van der Waals surface area contributed by atoms with Gasteiger partial charge in [-0.25, -0.2) is 4.85 Å². The van der Waals surface area contributed by atoms with E-state index in [0.717, 1.165) is 71.1 Å². The number of fused-ring (bicyclic) bond motifs is 11. The van der Waals surface area contributed by atoms with E-state index in [1.54, 1.807) is 0 Å². The van der Waals surface area contributed by atoms with Gasteiger partial charge in [0.25, 0.3) is 0 Å². The molecule has 3 aromatic heterocycles. The van der Waals surface area contributed by atoms with Crippen molar-refractivity contribution in [1.29, 1.82) is 5.26 Å². The van der Waals surface area contributed by atoms with E-state index in [0.29, 0.717) is 22.6 Å². The van der Waals surface area contributed by atoms with Crippen molar-refractivity contribution in [1.82, 2.24) is 13.7 Å². The van der Waals surface area contributed by atoms with Crippen LogP contribution < -0.4 is 0 Å². The van der Waals surface area contributed by atoms with E-state index < -0.39 is 0 Å². The molecule has 8 aromatic carbocycles. The van der Waals surface area contributed by atoms with Crippen LogP contribution in [0.4, 0.5) is 5.69 Å². The summed E-state index contributed by atoms with van der Waals surface area (Å²) >= 11 is 0. The molecule has 0 saturated carbocycles. The monoisotopic (exact) mass is 785 g/mol. The van der Waals surface area contributed by atoms with Crippen molar-refractivity contribution in [2.24, 2.45) is 0 Å².